The number of carbonyl (C=O) groups is 2. The van der Waals surface area contributed by atoms with Gasteiger partial charge in [0.05, 0.1) is 6.54 Å². The molecule has 0 atom stereocenters. The lowest BCUT2D eigenvalue weighted by Gasteiger charge is -2.07. The van der Waals surface area contributed by atoms with Crippen LogP contribution in [0, 0.1) is 11.6 Å². The van der Waals surface area contributed by atoms with E-state index in [1.54, 1.807) is 6.92 Å². The molecule has 0 bridgehead atoms. The zero-order chi connectivity index (χ0) is 13.5. The van der Waals surface area contributed by atoms with E-state index in [9.17, 15) is 18.4 Å². The van der Waals surface area contributed by atoms with Crippen LogP contribution in [0.5, 0.6) is 0 Å². The second-order valence-electron chi connectivity index (χ2n) is 3.42. The fourth-order valence-electron chi connectivity index (χ4n) is 1.21. The Morgan fingerprint density at radius 2 is 1.78 bits per heavy atom. The van der Waals surface area contributed by atoms with E-state index in [2.05, 4.69) is 10.6 Å². The zero-order valence-electron chi connectivity index (χ0n) is 9.72. The number of nitrogens with one attached hydrogen (secondary N) is 3. The van der Waals surface area contributed by atoms with Crippen LogP contribution in [0.15, 0.2) is 18.2 Å². The summed E-state index contributed by atoms with van der Waals surface area (Å²) in [7, 11) is 0. The largest absolute Gasteiger partial charge is 0.376 e. The van der Waals surface area contributed by atoms with Gasteiger partial charge in [0.2, 0.25) is 5.91 Å². The fraction of sp³-hybridized carbons (Fsp3) is 0.273. The molecule has 1 aromatic carbocycles. The van der Waals surface area contributed by atoms with Crippen LogP contribution >= 0.6 is 0 Å². The number of carbonyl (C=O) groups excluding carboxylic acids is 2. The predicted molar refractivity (Wildman–Crippen MR) is 62.1 cm³/mol. The summed E-state index contributed by atoms with van der Waals surface area (Å²) >= 11 is 0. The molecule has 18 heavy (non-hydrogen) atoms. The molecule has 1 rings (SSSR count). The quantitative estimate of drug-likeness (QED) is 0.759. The third-order valence-electron chi connectivity index (χ3n) is 1.91. The Morgan fingerprint density at radius 3 is 2.33 bits per heavy atom. The monoisotopic (exact) mass is 257 g/mol. The van der Waals surface area contributed by atoms with Crippen molar-refractivity contribution in [2.45, 2.75) is 6.92 Å². The number of rotatable bonds is 4. The Balaban J connectivity index is 2.45. The molecule has 0 aliphatic carbocycles. The summed E-state index contributed by atoms with van der Waals surface area (Å²) in [5, 5.41) is 6.92. The number of imide groups is 1. The predicted octanol–water partition coefficient (Wildman–Crippen LogP) is 1.22. The Bertz CT molecular complexity index is 432. The first kappa shape index (κ1) is 13.9. The van der Waals surface area contributed by atoms with Crippen LogP contribution in [-0.4, -0.2) is 25.0 Å². The van der Waals surface area contributed by atoms with E-state index in [0.29, 0.717) is 6.54 Å². The molecule has 0 fully saturated rings. The van der Waals surface area contributed by atoms with E-state index in [4.69, 9.17) is 0 Å². The van der Waals surface area contributed by atoms with Crippen molar-refractivity contribution < 1.29 is 18.4 Å². The minimum atomic E-state index is -0.748. The summed E-state index contributed by atoms with van der Waals surface area (Å²) < 4.78 is 25.6. The molecule has 1 aromatic rings. The van der Waals surface area contributed by atoms with E-state index in [1.165, 1.54) is 0 Å². The summed E-state index contributed by atoms with van der Waals surface area (Å²) in [4.78, 5) is 22.2. The molecule has 7 heteroatoms. The molecule has 3 N–H and O–H groups in total. The van der Waals surface area contributed by atoms with Crippen LogP contribution in [0.4, 0.5) is 19.3 Å². The first-order valence-electron chi connectivity index (χ1n) is 5.29. The number of benzene rings is 1. The number of anilines is 1. The van der Waals surface area contributed by atoms with Crippen molar-refractivity contribution >= 4 is 17.6 Å². The topological polar surface area (TPSA) is 70.2 Å². The molecule has 0 aliphatic heterocycles. The van der Waals surface area contributed by atoms with E-state index in [0.717, 1.165) is 18.2 Å². The van der Waals surface area contributed by atoms with Crippen molar-refractivity contribution in [3.05, 3.63) is 29.8 Å². The summed E-state index contributed by atoms with van der Waals surface area (Å²) in [5.41, 5.74) is 0.124. The van der Waals surface area contributed by atoms with Crippen molar-refractivity contribution in [2.75, 3.05) is 18.4 Å². The molecule has 0 unspecified atom stereocenters. The number of halogens is 2. The second kappa shape index (κ2) is 6.53. The standard InChI is InChI=1S/C11H13F2N3O2/c1-2-14-11(18)16-10(17)6-15-9-4-7(12)3-8(13)5-9/h3-5,15H,2,6H2,1H3,(H2,14,16,17,18). The molecule has 0 aromatic heterocycles. The minimum Gasteiger partial charge on any atom is -0.376 e. The molecular weight excluding hydrogens is 244 g/mol. The Labute approximate surface area is 103 Å². The van der Waals surface area contributed by atoms with E-state index >= 15 is 0 Å². The molecule has 0 saturated heterocycles. The van der Waals surface area contributed by atoms with E-state index in [-0.39, 0.29) is 12.2 Å². The van der Waals surface area contributed by atoms with Crippen LogP contribution in [-0.2, 0) is 4.79 Å². The SMILES string of the molecule is CCNC(=O)NC(=O)CNc1cc(F)cc(F)c1. The zero-order valence-corrected chi connectivity index (χ0v) is 9.72. The van der Waals surface area contributed by atoms with Crippen molar-refractivity contribution in [1.29, 1.82) is 0 Å². The van der Waals surface area contributed by atoms with Gasteiger partial charge < -0.3 is 10.6 Å². The average molecular weight is 257 g/mol. The fourth-order valence-corrected chi connectivity index (χ4v) is 1.21. The molecule has 0 radical (unpaired) electrons. The van der Waals surface area contributed by atoms with Crippen LogP contribution in [0.1, 0.15) is 6.92 Å². The Kier molecular flexibility index (Phi) is 5.04. The molecule has 0 saturated carbocycles. The molecule has 5 nitrogen and oxygen atoms in total. The van der Waals surface area contributed by atoms with Gasteiger partial charge in [-0.15, -0.1) is 0 Å². The smallest absolute Gasteiger partial charge is 0.321 e. The minimum absolute atomic E-state index is 0.124. The summed E-state index contributed by atoms with van der Waals surface area (Å²) in [6, 6.07) is 2.19. The highest BCUT2D eigenvalue weighted by molar-refractivity contribution is 5.96. The van der Waals surface area contributed by atoms with E-state index < -0.39 is 23.6 Å². The van der Waals surface area contributed by atoms with Gasteiger partial charge in [0.25, 0.3) is 0 Å². The number of amides is 3. The third kappa shape index (κ3) is 4.77. The first-order chi connectivity index (χ1) is 8.51. The molecular formula is C11H13F2N3O2. The first-order valence-corrected chi connectivity index (χ1v) is 5.29. The lowest BCUT2D eigenvalue weighted by Crippen LogP contribution is -2.41. The van der Waals surface area contributed by atoms with Crippen molar-refractivity contribution in [3.63, 3.8) is 0 Å². The number of hydrogen-bond acceptors (Lipinski definition) is 3. The Hall–Kier alpha value is -2.18. The third-order valence-corrected chi connectivity index (χ3v) is 1.91. The number of urea groups is 1. The lowest BCUT2D eigenvalue weighted by molar-refractivity contribution is -0.118. The highest BCUT2D eigenvalue weighted by atomic mass is 19.1. The maximum atomic E-state index is 12.8. The Morgan fingerprint density at radius 1 is 1.17 bits per heavy atom. The summed E-state index contributed by atoms with van der Waals surface area (Å²) in [5.74, 6) is -2.10. The van der Waals surface area contributed by atoms with Gasteiger partial charge in [0.15, 0.2) is 0 Å². The normalized spacial score (nSPS) is 9.72. The second-order valence-corrected chi connectivity index (χ2v) is 3.42. The van der Waals surface area contributed by atoms with Crippen LogP contribution < -0.4 is 16.0 Å². The molecule has 0 spiro atoms. The highest BCUT2D eigenvalue weighted by Crippen LogP contribution is 2.12. The van der Waals surface area contributed by atoms with Gasteiger partial charge in [-0.25, -0.2) is 13.6 Å². The lowest BCUT2D eigenvalue weighted by atomic mass is 10.3. The maximum absolute atomic E-state index is 12.8. The van der Waals surface area contributed by atoms with Crippen molar-refractivity contribution in [1.82, 2.24) is 10.6 Å². The average Bonchev–Trinajstić information content (AvgIpc) is 2.25. The van der Waals surface area contributed by atoms with Gasteiger partial charge in [-0.2, -0.15) is 0 Å². The van der Waals surface area contributed by atoms with Crippen LogP contribution in [0.25, 0.3) is 0 Å². The highest BCUT2D eigenvalue weighted by Gasteiger charge is 2.07. The summed E-state index contributed by atoms with van der Waals surface area (Å²) in [6.07, 6.45) is 0. The summed E-state index contributed by atoms with van der Waals surface area (Å²) in [6.45, 7) is 1.83. The number of hydrogen-bond donors (Lipinski definition) is 3. The van der Waals surface area contributed by atoms with Crippen molar-refractivity contribution in [2.24, 2.45) is 0 Å². The molecule has 3 amide bonds. The molecule has 0 aliphatic rings. The van der Waals surface area contributed by atoms with E-state index in [1.807, 2.05) is 5.32 Å². The van der Waals surface area contributed by atoms with Crippen LogP contribution in [0.2, 0.25) is 0 Å². The molecule has 98 valence electrons. The maximum Gasteiger partial charge on any atom is 0.321 e. The van der Waals surface area contributed by atoms with Gasteiger partial charge in [0, 0.05) is 18.3 Å². The van der Waals surface area contributed by atoms with Gasteiger partial charge in [0.1, 0.15) is 11.6 Å². The molecule has 0 heterocycles. The van der Waals surface area contributed by atoms with Gasteiger partial charge in [-0.3, -0.25) is 10.1 Å². The van der Waals surface area contributed by atoms with Gasteiger partial charge >= 0.3 is 6.03 Å². The van der Waals surface area contributed by atoms with Gasteiger partial charge in [-0.1, -0.05) is 0 Å². The van der Waals surface area contributed by atoms with Gasteiger partial charge in [-0.05, 0) is 19.1 Å². The van der Waals surface area contributed by atoms with Crippen LogP contribution in [0.3, 0.4) is 0 Å². The van der Waals surface area contributed by atoms with Crippen molar-refractivity contribution in [3.8, 4) is 0 Å².